The maximum absolute atomic E-state index is 11.4. The van der Waals surface area contributed by atoms with Crippen LogP contribution >= 0.6 is 0 Å². The second-order valence-electron chi connectivity index (χ2n) is 7.93. The van der Waals surface area contributed by atoms with Gasteiger partial charge in [0.15, 0.2) is 0 Å². The largest absolute Gasteiger partial charge is 0.493 e. The molecule has 1 aliphatic heterocycles. The molecule has 4 heterocycles. The first-order valence-electron chi connectivity index (χ1n) is 11.0. The highest BCUT2D eigenvalue weighted by Crippen LogP contribution is 2.27. The second-order valence-corrected chi connectivity index (χ2v) is 7.93. The fourth-order valence-corrected chi connectivity index (χ4v) is 4.10. The van der Waals surface area contributed by atoms with Crippen molar-refractivity contribution in [2.75, 3.05) is 18.5 Å². The lowest BCUT2D eigenvalue weighted by Gasteiger charge is -2.17. The number of ether oxygens (including phenoxy) is 1. The standard InChI is InChI=1S/C26H24N4O3/c31-25(32)17-24(22-5-1-2-12-27-22)30-14-10-19-16-21(8-9-23(19)30)33-15-11-20-7-6-18-4-3-13-28-26(18)29-20/h1-2,5-10,12,14,16-17H,3-4,11,13,15H2,(H,28,29)(H,31,32)/b24-17+. The number of carboxylic acid groups (broad SMARTS) is 1. The van der Waals surface area contributed by atoms with Crippen molar-refractivity contribution >= 4 is 28.4 Å². The fraction of sp³-hybridized carbons (Fsp3) is 0.192. The van der Waals surface area contributed by atoms with Crippen LogP contribution in [0.25, 0.3) is 16.6 Å². The predicted octanol–water partition coefficient (Wildman–Crippen LogP) is 4.38. The predicted molar refractivity (Wildman–Crippen MR) is 127 cm³/mol. The molecular formula is C26H24N4O3. The zero-order chi connectivity index (χ0) is 22.6. The summed E-state index contributed by atoms with van der Waals surface area (Å²) in [6.07, 6.45) is 7.62. The Hall–Kier alpha value is -4.13. The van der Waals surface area contributed by atoms with Gasteiger partial charge in [0.25, 0.3) is 0 Å². The summed E-state index contributed by atoms with van der Waals surface area (Å²) in [5.74, 6) is 0.737. The van der Waals surface area contributed by atoms with Gasteiger partial charge in [0.05, 0.1) is 23.5 Å². The summed E-state index contributed by atoms with van der Waals surface area (Å²) in [5, 5.41) is 13.7. The lowest BCUT2D eigenvalue weighted by Crippen LogP contribution is -2.14. The van der Waals surface area contributed by atoms with E-state index in [1.54, 1.807) is 18.3 Å². The third kappa shape index (κ3) is 4.57. The van der Waals surface area contributed by atoms with E-state index in [0.29, 0.717) is 18.0 Å². The molecule has 1 aromatic carbocycles. The summed E-state index contributed by atoms with van der Waals surface area (Å²) in [5.41, 5.74) is 4.25. The summed E-state index contributed by atoms with van der Waals surface area (Å²) in [7, 11) is 0. The lowest BCUT2D eigenvalue weighted by atomic mass is 10.1. The molecule has 33 heavy (non-hydrogen) atoms. The number of carboxylic acids is 1. The third-order valence-electron chi connectivity index (χ3n) is 5.69. The lowest BCUT2D eigenvalue weighted by molar-refractivity contribution is -0.131. The fourth-order valence-electron chi connectivity index (χ4n) is 4.10. The topological polar surface area (TPSA) is 89.3 Å². The Kier molecular flexibility index (Phi) is 5.76. The van der Waals surface area contributed by atoms with Gasteiger partial charge in [-0.05, 0) is 60.9 Å². The quantitative estimate of drug-likeness (QED) is 0.415. The molecule has 0 unspecified atom stereocenters. The van der Waals surface area contributed by atoms with E-state index in [1.807, 2.05) is 41.1 Å². The van der Waals surface area contributed by atoms with Crippen LogP contribution in [0.4, 0.5) is 5.82 Å². The van der Waals surface area contributed by atoms with E-state index in [2.05, 4.69) is 22.4 Å². The van der Waals surface area contributed by atoms with Crippen LogP contribution in [0.5, 0.6) is 5.75 Å². The van der Waals surface area contributed by atoms with Gasteiger partial charge in [0.2, 0.25) is 0 Å². The summed E-state index contributed by atoms with van der Waals surface area (Å²) < 4.78 is 7.82. The molecule has 0 saturated heterocycles. The molecule has 0 spiro atoms. The number of nitrogens with zero attached hydrogens (tertiary/aromatic N) is 3. The molecule has 0 saturated carbocycles. The molecule has 166 valence electrons. The number of hydrogen-bond acceptors (Lipinski definition) is 5. The van der Waals surface area contributed by atoms with E-state index in [9.17, 15) is 9.90 Å². The summed E-state index contributed by atoms with van der Waals surface area (Å²) in [6.45, 7) is 1.50. The number of benzene rings is 1. The normalized spacial score (nSPS) is 13.4. The number of anilines is 1. The number of hydrogen-bond donors (Lipinski definition) is 2. The van der Waals surface area contributed by atoms with Gasteiger partial charge in [-0.15, -0.1) is 0 Å². The first-order chi connectivity index (χ1) is 16.2. The van der Waals surface area contributed by atoms with E-state index in [1.165, 1.54) is 11.6 Å². The first-order valence-corrected chi connectivity index (χ1v) is 11.0. The van der Waals surface area contributed by atoms with E-state index in [0.717, 1.165) is 54.0 Å². The highest BCUT2D eigenvalue weighted by atomic mass is 16.5. The Morgan fingerprint density at radius 3 is 2.97 bits per heavy atom. The molecule has 0 aliphatic carbocycles. The van der Waals surface area contributed by atoms with E-state index < -0.39 is 5.97 Å². The van der Waals surface area contributed by atoms with Crippen LogP contribution in [-0.2, 0) is 17.6 Å². The van der Waals surface area contributed by atoms with Crippen LogP contribution < -0.4 is 10.1 Å². The number of aliphatic carboxylic acids is 1. The molecule has 7 heteroatoms. The van der Waals surface area contributed by atoms with Crippen molar-refractivity contribution in [3.63, 3.8) is 0 Å². The van der Waals surface area contributed by atoms with Gasteiger partial charge < -0.3 is 19.7 Å². The average Bonchev–Trinajstić information content (AvgIpc) is 3.26. The maximum Gasteiger partial charge on any atom is 0.330 e. The van der Waals surface area contributed by atoms with Gasteiger partial charge in [-0.3, -0.25) is 4.98 Å². The van der Waals surface area contributed by atoms with Gasteiger partial charge in [0, 0.05) is 42.5 Å². The molecule has 0 bridgehead atoms. The SMILES string of the molecule is O=C(O)/C=C(\c1ccccn1)n1ccc2cc(OCCc3ccc4c(n3)NCCC4)ccc21. The average molecular weight is 441 g/mol. The highest BCUT2D eigenvalue weighted by Gasteiger charge is 2.13. The van der Waals surface area contributed by atoms with Crippen LogP contribution in [0.15, 0.2) is 73.1 Å². The Balaban J connectivity index is 1.32. The molecule has 5 rings (SSSR count). The minimum absolute atomic E-state index is 0.499. The monoisotopic (exact) mass is 440 g/mol. The molecule has 3 aromatic heterocycles. The van der Waals surface area contributed by atoms with Crippen LogP contribution in [0, 0.1) is 0 Å². The molecule has 0 atom stereocenters. The van der Waals surface area contributed by atoms with E-state index >= 15 is 0 Å². The van der Waals surface area contributed by atoms with Crippen molar-refractivity contribution in [2.24, 2.45) is 0 Å². The number of rotatable bonds is 7. The van der Waals surface area contributed by atoms with Gasteiger partial charge in [-0.1, -0.05) is 12.1 Å². The molecule has 4 aromatic rings. The second kappa shape index (κ2) is 9.16. The Morgan fingerprint density at radius 2 is 2.12 bits per heavy atom. The van der Waals surface area contributed by atoms with Crippen LogP contribution in [0.1, 0.15) is 23.4 Å². The summed E-state index contributed by atoms with van der Waals surface area (Å²) >= 11 is 0. The Morgan fingerprint density at radius 1 is 1.18 bits per heavy atom. The van der Waals surface area contributed by atoms with Crippen molar-refractivity contribution in [2.45, 2.75) is 19.3 Å². The molecule has 2 N–H and O–H groups in total. The van der Waals surface area contributed by atoms with Gasteiger partial charge in [0.1, 0.15) is 11.6 Å². The van der Waals surface area contributed by atoms with Crippen molar-refractivity contribution in [3.8, 4) is 5.75 Å². The number of fused-ring (bicyclic) bond motifs is 2. The first kappa shape index (κ1) is 20.8. The van der Waals surface area contributed by atoms with Crippen LogP contribution in [0.2, 0.25) is 0 Å². The molecule has 0 fully saturated rings. The van der Waals surface area contributed by atoms with Crippen LogP contribution in [0.3, 0.4) is 0 Å². The number of aryl methyl sites for hydroxylation is 1. The van der Waals surface area contributed by atoms with Crippen molar-refractivity contribution in [1.29, 1.82) is 0 Å². The molecule has 0 radical (unpaired) electrons. The minimum atomic E-state index is -1.02. The smallest absolute Gasteiger partial charge is 0.330 e. The van der Waals surface area contributed by atoms with Gasteiger partial charge >= 0.3 is 5.97 Å². The van der Waals surface area contributed by atoms with Crippen molar-refractivity contribution in [1.82, 2.24) is 14.5 Å². The zero-order valence-corrected chi connectivity index (χ0v) is 18.1. The molecule has 7 nitrogen and oxygen atoms in total. The third-order valence-corrected chi connectivity index (χ3v) is 5.69. The summed E-state index contributed by atoms with van der Waals surface area (Å²) in [4.78, 5) is 20.5. The molecule has 0 amide bonds. The molecule has 1 aliphatic rings. The van der Waals surface area contributed by atoms with E-state index in [-0.39, 0.29) is 0 Å². The highest BCUT2D eigenvalue weighted by molar-refractivity contribution is 5.93. The van der Waals surface area contributed by atoms with E-state index in [4.69, 9.17) is 9.72 Å². The zero-order valence-electron chi connectivity index (χ0n) is 18.1. The Bertz CT molecular complexity index is 1330. The number of pyridine rings is 2. The maximum atomic E-state index is 11.4. The van der Waals surface area contributed by atoms with Crippen LogP contribution in [-0.4, -0.2) is 38.8 Å². The molecular weight excluding hydrogens is 416 g/mol. The number of carbonyl (C=O) groups is 1. The number of nitrogens with one attached hydrogen (secondary N) is 1. The minimum Gasteiger partial charge on any atom is -0.493 e. The van der Waals surface area contributed by atoms with Gasteiger partial charge in [-0.25, -0.2) is 9.78 Å². The number of aromatic nitrogens is 3. The summed E-state index contributed by atoms with van der Waals surface area (Å²) in [6, 6.07) is 17.4. The van der Waals surface area contributed by atoms with Gasteiger partial charge in [-0.2, -0.15) is 0 Å². The van der Waals surface area contributed by atoms with Crippen molar-refractivity contribution in [3.05, 3.63) is 90.0 Å². The van der Waals surface area contributed by atoms with Crippen molar-refractivity contribution < 1.29 is 14.6 Å². The Labute approximate surface area is 191 Å².